The van der Waals surface area contributed by atoms with E-state index in [2.05, 4.69) is 78.6 Å². The molecule has 0 saturated carbocycles. The molecular weight excluding hydrogens is 392 g/mol. The van der Waals surface area contributed by atoms with Crippen molar-refractivity contribution in [2.75, 3.05) is 13.1 Å². The first-order valence-corrected chi connectivity index (χ1v) is 12.0. The molecule has 3 nitrogen and oxygen atoms in total. The highest BCUT2D eigenvalue weighted by atomic mass is 16.5. The van der Waals surface area contributed by atoms with E-state index in [1.807, 2.05) is 6.20 Å². The van der Waals surface area contributed by atoms with Crippen LogP contribution < -0.4 is 0 Å². The molecule has 32 heavy (non-hydrogen) atoms. The molecule has 1 aromatic heterocycles. The van der Waals surface area contributed by atoms with Gasteiger partial charge in [0, 0.05) is 24.2 Å². The van der Waals surface area contributed by atoms with Crippen LogP contribution in [0.2, 0.25) is 0 Å². The van der Waals surface area contributed by atoms with Crippen LogP contribution in [-0.2, 0) is 4.74 Å². The molecule has 6 heterocycles. The highest BCUT2D eigenvalue weighted by Crippen LogP contribution is 2.54. The van der Waals surface area contributed by atoms with E-state index in [0.29, 0.717) is 6.04 Å². The monoisotopic (exact) mass is 420 g/mol. The molecule has 5 aliphatic heterocycles. The molecule has 0 amide bonds. The zero-order valence-corrected chi connectivity index (χ0v) is 18.5. The molecule has 160 valence electrons. The van der Waals surface area contributed by atoms with Crippen LogP contribution >= 0.6 is 0 Å². The van der Waals surface area contributed by atoms with Crippen LogP contribution in [0, 0.1) is 5.92 Å². The summed E-state index contributed by atoms with van der Waals surface area (Å²) >= 11 is 0. The van der Waals surface area contributed by atoms with Gasteiger partial charge in [0.25, 0.3) is 0 Å². The van der Waals surface area contributed by atoms with Crippen molar-refractivity contribution in [3.8, 4) is 11.1 Å². The van der Waals surface area contributed by atoms with E-state index < -0.39 is 0 Å². The van der Waals surface area contributed by atoms with Crippen molar-refractivity contribution < 1.29 is 4.74 Å². The number of ether oxygens (including phenoxy) is 1. The van der Waals surface area contributed by atoms with Gasteiger partial charge in [-0.2, -0.15) is 0 Å². The minimum Gasteiger partial charge on any atom is -0.364 e. The van der Waals surface area contributed by atoms with Gasteiger partial charge in [-0.1, -0.05) is 55.5 Å². The van der Waals surface area contributed by atoms with Gasteiger partial charge >= 0.3 is 0 Å². The number of benzene rings is 3. The second kappa shape index (κ2) is 6.87. The first kappa shape index (κ1) is 18.8. The van der Waals surface area contributed by atoms with Crippen LogP contribution in [0.1, 0.15) is 37.9 Å². The van der Waals surface area contributed by atoms with Gasteiger partial charge in [0.1, 0.15) is 0 Å². The summed E-state index contributed by atoms with van der Waals surface area (Å²) in [6.45, 7) is 4.64. The van der Waals surface area contributed by atoms with Gasteiger partial charge < -0.3 is 4.74 Å². The Morgan fingerprint density at radius 2 is 1.94 bits per heavy atom. The Morgan fingerprint density at radius 1 is 1.03 bits per heavy atom. The van der Waals surface area contributed by atoms with Crippen molar-refractivity contribution in [3.05, 3.63) is 78.5 Å². The molecule has 3 heteroatoms. The molecule has 5 saturated heterocycles. The van der Waals surface area contributed by atoms with Crippen molar-refractivity contribution in [2.24, 2.45) is 5.92 Å². The molecule has 9 rings (SSSR count). The Hall–Kier alpha value is -2.75. The average Bonchev–Trinajstić information content (AvgIpc) is 2.87. The lowest BCUT2D eigenvalue weighted by molar-refractivity contribution is -0.274. The summed E-state index contributed by atoms with van der Waals surface area (Å²) in [7, 11) is 0. The van der Waals surface area contributed by atoms with Crippen molar-refractivity contribution in [1.82, 2.24) is 9.88 Å². The molecule has 0 N–H and O–H groups in total. The summed E-state index contributed by atoms with van der Waals surface area (Å²) in [5.41, 5.74) is 4.92. The quantitative estimate of drug-likeness (QED) is 0.385. The standard InChI is InChI=1S/C29H28N2O/c1-2-29-18-31-15-13-21(29)17-27(31)28(32-29)24-12-14-30-26-11-10-20(16-25(24)26)23-9-5-7-19-6-3-4-8-22(19)23/h3-12,14,16,21,27-28H,2,13,15,17-18H2,1H3/t21-,27+,28-,29+/m0/s1. The minimum absolute atomic E-state index is 0.0283. The smallest absolute Gasteiger partial charge is 0.0995 e. The number of piperidine rings is 3. The molecule has 5 fully saturated rings. The van der Waals surface area contributed by atoms with E-state index in [4.69, 9.17) is 9.72 Å². The fourth-order valence-electron chi connectivity index (χ4n) is 6.79. The largest absolute Gasteiger partial charge is 0.364 e. The third-order valence-corrected chi connectivity index (χ3v) is 8.47. The van der Waals surface area contributed by atoms with Gasteiger partial charge in [-0.25, -0.2) is 0 Å². The molecule has 4 aromatic rings. The summed E-state index contributed by atoms with van der Waals surface area (Å²) in [6, 6.07) is 24.7. The fraction of sp³-hybridized carbons (Fsp3) is 0.345. The fourth-order valence-corrected chi connectivity index (χ4v) is 6.79. The predicted octanol–water partition coefficient (Wildman–Crippen LogP) is 6.37. The lowest BCUT2D eigenvalue weighted by atomic mass is 9.66. The molecular formula is C29H28N2O. The van der Waals surface area contributed by atoms with Crippen LogP contribution in [0.4, 0.5) is 0 Å². The van der Waals surface area contributed by atoms with E-state index in [1.54, 1.807) is 0 Å². The van der Waals surface area contributed by atoms with Gasteiger partial charge in [0.2, 0.25) is 0 Å². The summed E-state index contributed by atoms with van der Waals surface area (Å²) < 4.78 is 7.00. The number of fused-ring (bicyclic) bond motifs is 4. The van der Waals surface area contributed by atoms with Gasteiger partial charge in [-0.15, -0.1) is 0 Å². The van der Waals surface area contributed by atoms with Crippen molar-refractivity contribution in [1.29, 1.82) is 0 Å². The second-order valence-corrected chi connectivity index (χ2v) is 9.87. The summed E-state index contributed by atoms with van der Waals surface area (Å²) in [4.78, 5) is 7.42. The van der Waals surface area contributed by atoms with Crippen LogP contribution in [0.5, 0.6) is 0 Å². The molecule has 5 aliphatic rings. The number of rotatable bonds is 3. The summed E-state index contributed by atoms with van der Waals surface area (Å²) in [5.74, 6) is 0.720. The number of morpholine rings is 1. The highest BCUT2D eigenvalue weighted by Gasteiger charge is 2.58. The number of hydrogen-bond donors (Lipinski definition) is 0. The van der Waals surface area contributed by atoms with Crippen molar-refractivity contribution >= 4 is 21.7 Å². The van der Waals surface area contributed by atoms with Crippen LogP contribution in [-0.4, -0.2) is 34.6 Å². The highest BCUT2D eigenvalue weighted by molar-refractivity contribution is 5.99. The molecule has 5 atom stereocenters. The summed E-state index contributed by atoms with van der Waals surface area (Å²) in [6.07, 6.45) is 5.76. The number of pyridine rings is 1. The molecule has 0 radical (unpaired) electrons. The van der Waals surface area contributed by atoms with Gasteiger partial charge in [-0.05, 0) is 77.4 Å². The minimum atomic E-state index is 0.0283. The Morgan fingerprint density at radius 3 is 2.81 bits per heavy atom. The third-order valence-electron chi connectivity index (χ3n) is 8.47. The number of hydrogen-bond acceptors (Lipinski definition) is 3. The van der Waals surface area contributed by atoms with Crippen molar-refractivity contribution in [2.45, 2.75) is 43.9 Å². The number of aromatic nitrogens is 1. The lowest BCUT2D eigenvalue weighted by Crippen LogP contribution is -2.70. The lowest BCUT2D eigenvalue weighted by Gasteiger charge is -2.64. The normalized spacial score (nSPS) is 30.9. The first-order valence-electron chi connectivity index (χ1n) is 12.0. The van der Waals surface area contributed by atoms with Crippen LogP contribution in [0.25, 0.3) is 32.8 Å². The predicted molar refractivity (Wildman–Crippen MR) is 130 cm³/mol. The average molecular weight is 421 g/mol. The Bertz CT molecular complexity index is 1340. The molecule has 4 bridgehead atoms. The molecule has 0 spiro atoms. The van der Waals surface area contributed by atoms with Gasteiger partial charge in [0.15, 0.2) is 0 Å². The Kier molecular flexibility index (Phi) is 4.03. The van der Waals surface area contributed by atoms with E-state index in [9.17, 15) is 0 Å². The molecule has 3 aromatic carbocycles. The maximum Gasteiger partial charge on any atom is 0.0995 e. The second-order valence-electron chi connectivity index (χ2n) is 9.87. The van der Waals surface area contributed by atoms with Crippen LogP contribution in [0.15, 0.2) is 72.9 Å². The Labute approximate surface area is 189 Å². The number of nitrogens with zero attached hydrogens (tertiary/aromatic N) is 2. The Balaban J connectivity index is 1.38. The van der Waals surface area contributed by atoms with Crippen molar-refractivity contribution in [3.63, 3.8) is 0 Å². The van der Waals surface area contributed by atoms with Gasteiger partial charge in [-0.3, -0.25) is 9.88 Å². The van der Waals surface area contributed by atoms with Gasteiger partial charge in [0.05, 0.1) is 17.2 Å². The SMILES string of the molecule is CC[C@@]12CN3CC[C@H]1C[C@@H]3[C@H](c1ccnc3ccc(-c4cccc5ccccc45)cc13)O2. The maximum atomic E-state index is 7.00. The zero-order chi connectivity index (χ0) is 21.3. The first-order chi connectivity index (χ1) is 15.8. The zero-order valence-electron chi connectivity index (χ0n) is 18.5. The molecule has 1 unspecified atom stereocenters. The molecule has 0 aliphatic carbocycles. The van der Waals surface area contributed by atoms with E-state index in [-0.39, 0.29) is 11.7 Å². The third kappa shape index (κ3) is 2.58. The maximum absolute atomic E-state index is 7.00. The summed E-state index contributed by atoms with van der Waals surface area (Å²) in [5, 5.41) is 3.80. The van der Waals surface area contributed by atoms with E-state index >= 15 is 0 Å². The van der Waals surface area contributed by atoms with Crippen LogP contribution in [0.3, 0.4) is 0 Å². The topological polar surface area (TPSA) is 25.4 Å². The van der Waals surface area contributed by atoms with E-state index in [0.717, 1.165) is 24.4 Å². The van der Waals surface area contributed by atoms with E-state index in [1.165, 1.54) is 52.2 Å².